The second-order valence-corrected chi connectivity index (χ2v) is 6.18. The smallest absolute Gasteiger partial charge is 0.287 e. The zero-order chi connectivity index (χ0) is 15.0. The highest BCUT2D eigenvalue weighted by Gasteiger charge is 2.23. The van der Waals surface area contributed by atoms with Gasteiger partial charge in [0.05, 0.1) is 0 Å². The molecule has 1 aliphatic rings. The molecule has 1 aliphatic heterocycles. The van der Waals surface area contributed by atoms with Gasteiger partial charge in [0.1, 0.15) is 5.58 Å². The van der Waals surface area contributed by atoms with Crippen LogP contribution in [-0.4, -0.2) is 24.5 Å². The number of carbonyl (C=O) groups excluding carboxylic acids is 1. The average molecular weight is 343 g/mol. The summed E-state index contributed by atoms with van der Waals surface area (Å²) in [7, 11) is 0. The second-order valence-electron chi connectivity index (χ2n) is 5.75. The molecule has 0 bridgehead atoms. The fourth-order valence-electron chi connectivity index (χ4n) is 2.92. The van der Waals surface area contributed by atoms with Crippen LogP contribution in [0.2, 0.25) is 5.02 Å². The molecule has 0 aliphatic carbocycles. The molecule has 1 amide bonds. The highest BCUT2D eigenvalue weighted by Crippen LogP contribution is 2.28. The maximum absolute atomic E-state index is 12.4. The number of carbonyl (C=O) groups is 1. The number of hydrogen-bond acceptors (Lipinski definition) is 3. The van der Waals surface area contributed by atoms with E-state index in [1.54, 1.807) is 12.1 Å². The normalized spacial score (nSPS) is 21.4. The Labute approximate surface area is 141 Å². The lowest BCUT2D eigenvalue weighted by Crippen LogP contribution is -2.46. The minimum absolute atomic E-state index is 0. The van der Waals surface area contributed by atoms with E-state index in [1.807, 2.05) is 13.0 Å². The monoisotopic (exact) mass is 342 g/mol. The largest absolute Gasteiger partial charge is 0.451 e. The number of furan rings is 1. The van der Waals surface area contributed by atoms with Crippen LogP contribution < -0.4 is 10.6 Å². The summed E-state index contributed by atoms with van der Waals surface area (Å²) in [4.78, 5) is 12.4. The zero-order valence-electron chi connectivity index (χ0n) is 12.6. The van der Waals surface area contributed by atoms with Crippen LogP contribution in [0.3, 0.4) is 0 Å². The van der Waals surface area contributed by atoms with Gasteiger partial charge in [0, 0.05) is 28.1 Å². The number of aryl methyl sites for hydroxylation is 1. The fourth-order valence-corrected chi connectivity index (χ4v) is 3.10. The Bertz CT molecular complexity index is 684. The van der Waals surface area contributed by atoms with Gasteiger partial charge < -0.3 is 15.1 Å². The first-order valence-electron chi connectivity index (χ1n) is 7.27. The number of halogens is 2. The van der Waals surface area contributed by atoms with Gasteiger partial charge in [-0.25, -0.2) is 0 Å². The predicted octanol–water partition coefficient (Wildman–Crippen LogP) is 3.69. The summed E-state index contributed by atoms with van der Waals surface area (Å²) in [6.07, 6.45) is 1.89. The summed E-state index contributed by atoms with van der Waals surface area (Å²) in [5, 5.41) is 7.99. The third kappa shape index (κ3) is 3.40. The molecule has 1 saturated heterocycles. The Kier molecular flexibility index (Phi) is 5.37. The van der Waals surface area contributed by atoms with Crippen LogP contribution in [-0.2, 0) is 0 Å². The Balaban J connectivity index is 0.00000176. The first-order valence-corrected chi connectivity index (χ1v) is 7.65. The predicted molar refractivity (Wildman–Crippen MR) is 91.2 cm³/mol. The molecule has 0 saturated carbocycles. The lowest BCUT2D eigenvalue weighted by molar-refractivity contribution is 0.0899. The van der Waals surface area contributed by atoms with Crippen LogP contribution in [0, 0.1) is 6.92 Å². The van der Waals surface area contributed by atoms with E-state index in [4.69, 9.17) is 16.0 Å². The lowest BCUT2D eigenvalue weighted by atomic mass is 10.0. The molecule has 3 rings (SSSR count). The number of rotatable bonds is 2. The van der Waals surface area contributed by atoms with Crippen molar-refractivity contribution in [3.8, 4) is 0 Å². The number of nitrogens with one attached hydrogen (secondary N) is 2. The first kappa shape index (κ1) is 17.1. The second kappa shape index (κ2) is 6.90. The summed E-state index contributed by atoms with van der Waals surface area (Å²) in [6.45, 7) is 4.95. The third-order valence-electron chi connectivity index (χ3n) is 4.06. The standard InChI is InChI=1S/C16H19ClN2O2.ClH/c1-9-7-12(5-6-18-9)19-16(20)15-10(2)13-8-11(17)3-4-14(13)21-15;/h3-4,8-9,12,18H,5-7H2,1-2H3,(H,19,20);1H. The van der Waals surface area contributed by atoms with Crippen molar-refractivity contribution in [1.29, 1.82) is 0 Å². The number of piperidine rings is 1. The van der Waals surface area contributed by atoms with E-state index < -0.39 is 0 Å². The molecule has 1 aromatic heterocycles. The summed E-state index contributed by atoms with van der Waals surface area (Å²) in [6, 6.07) is 6.03. The molecule has 1 aromatic carbocycles. The highest BCUT2D eigenvalue weighted by molar-refractivity contribution is 6.31. The van der Waals surface area contributed by atoms with Gasteiger partial charge >= 0.3 is 0 Å². The van der Waals surface area contributed by atoms with Crippen molar-refractivity contribution in [3.05, 3.63) is 34.5 Å². The molecule has 120 valence electrons. The van der Waals surface area contributed by atoms with Crippen molar-refractivity contribution < 1.29 is 9.21 Å². The van der Waals surface area contributed by atoms with Crippen molar-refractivity contribution in [2.75, 3.05) is 6.54 Å². The van der Waals surface area contributed by atoms with Gasteiger partial charge in [-0.05, 0) is 51.4 Å². The van der Waals surface area contributed by atoms with E-state index in [1.165, 1.54) is 0 Å². The van der Waals surface area contributed by atoms with Crippen LogP contribution in [0.25, 0.3) is 11.0 Å². The Morgan fingerprint density at radius 1 is 1.45 bits per heavy atom. The highest BCUT2D eigenvalue weighted by atomic mass is 35.5. The first-order chi connectivity index (χ1) is 10.0. The molecule has 2 N–H and O–H groups in total. The van der Waals surface area contributed by atoms with E-state index in [0.29, 0.717) is 22.4 Å². The number of benzene rings is 1. The van der Waals surface area contributed by atoms with Crippen molar-refractivity contribution >= 4 is 40.9 Å². The van der Waals surface area contributed by atoms with Gasteiger partial charge in [-0.15, -0.1) is 12.4 Å². The molecule has 0 radical (unpaired) electrons. The van der Waals surface area contributed by atoms with Crippen molar-refractivity contribution in [2.45, 2.75) is 38.8 Å². The molecule has 1 fully saturated rings. The van der Waals surface area contributed by atoms with Crippen LogP contribution in [0.4, 0.5) is 0 Å². The SMILES string of the molecule is Cc1c(C(=O)NC2CCNC(C)C2)oc2ccc(Cl)cc12.Cl. The molecule has 2 aromatic rings. The molecule has 2 heterocycles. The van der Waals surface area contributed by atoms with Gasteiger partial charge in [0.25, 0.3) is 5.91 Å². The zero-order valence-corrected chi connectivity index (χ0v) is 14.2. The maximum Gasteiger partial charge on any atom is 0.287 e. The van der Waals surface area contributed by atoms with E-state index >= 15 is 0 Å². The molecule has 2 unspecified atom stereocenters. The quantitative estimate of drug-likeness (QED) is 0.875. The molecule has 4 nitrogen and oxygen atoms in total. The summed E-state index contributed by atoms with van der Waals surface area (Å²) in [5.41, 5.74) is 1.53. The van der Waals surface area contributed by atoms with E-state index in [-0.39, 0.29) is 24.4 Å². The van der Waals surface area contributed by atoms with Crippen molar-refractivity contribution in [2.24, 2.45) is 0 Å². The van der Waals surface area contributed by atoms with Crippen molar-refractivity contribution in [1.82, 2.24) is 10.6 Å². The van der Waals surface area contributed by atoms with Crippen LogP contribution >= 0.6 is 24.0 Å². The minimum Gasteiger partial charge on any atom is -0.451 e. The molecule has 0 spiro atoms. The van der Waals surface area contributed by atoms with E-state index in [0.717, 1.165) is 30.3 Å². The van der Waals surface area contributed by atoms with Crippen LogP contribution in [0.5, 0.6) is 0 Å². The topological polar surface area (TPSA) is 54.3 Å². The van der Waals surface area contributed by atoms with Gasteiger partial charge in [-0.3, -0.25) is 4.79 Å². The van der Waals surface area contributed by atoms with Crippen molar-refractivity contribution in [3.63, 3.8) is 0 Å². The van der Waals surface area contributed by atoms with Crippen LogP contribution in [0.15, 0.2) is 22.6 Å². The summed E-state index contributed by atoms with van der Waals surface area (Å²) < 4.78 is 5.70. The van der Waals surface area contributed by atoms with Gasteiger partial charge in [0.15, 0.2) is 5.76 Å². The van der Waals surface area contributed by atoms with Gasteiger partial charge in [0.2, 0.25) is 0 Å². The minimum atomic E-state index is -0.140. The van der Waals surface area contributed by atoms with E-state index in [9.17, 15) is 4.79 Å². The molecule has 22 heavy (non-hydrogen) atoms. The van der Waals surface area contributed by atoms with Gasteiger partial charge in [-0.1, -0.05) is 11.6 Å². The summed E-state index contributed by atoms with van der Waals surface area (Å²) >= 11 is 6.00. The van der Waals surface area contributed by atoms with Crippen LogP contribution in [0.1, 0.15) is 35.9 Å². The third-order valence-corrected chi connectivity index (χ3v) is 4.30. The number of fused-ring (bicyclic) bond motifs is 1. The Morgan fingerprint density at radius 2 is 2.23 bits per heavy atom. The van der Waals surface area contributed by atoms with E-state index in [2.05, 4.69) is 17.6 Å². The molecular formula is C16H20Cl2N2O2. The summed E-state index contributed by atoms with van der Waals surface area (Å²) in [5.74, 6) is 0.248. The van der Waals surface area contributed by atoms with Gasteiger partial charge in [-0.2, -0.15) is 0 Å². The average Bonchev–Trinajstić information content (AvgIpc) is 2.76. The fraction of sp³-hybridized carbons (Fsp3) is 0.438. The molecule has 6 heteroatoms. The lowest BCUT2D eigenvalue weighted by Gasteiger charge is -2.28. The Morgan fingerprint density at radius 3 is 2.95 bits per heavy atom. The Hall–Kier alpha value is -1.23. The number of hydrogen-bond donors (Lipinski definition) is 2. The molecule has 2 atom stereocenters. The molecular weight excluding hydrogens is 323 g/mol. The number of amides is 1. The maximum atomic E-state index is 12.4.